The van der Waals surface area contributed by atoms with Crippen molar-refractivity contribution in [2.24, 2.45) is 0 Å². The smallest absolute Gasteiger partial charge is 0.254 e. The van der Waals surface area contributed by atoms with E-state index in [1.54, 1.807) is 38.1 Å². The highest BCUT2D eigenvalue weighted by molar-refractivity contribution is 7.92. The largest absolute Gasteiger partial charge is 0.349 e. The highest BCUT2D eigenvalue weighted by Crippen LogP contribution is 2.30. The van der Waals surface area contributed by atoms with Gasteiger partial charge in [-0.3, -0.25) is 9.59 Å². The minimum atomic E-state index is -3.36. The minimum absolute atomic E-state index is 0.0550. The van der Waals surface area contributed by atoms with Crippen molar-refractivity contribution in [3.63, 3.8) is 0 Å². The number of hydrogen-bond acceptors (Lipinski definition) is 4. The molecule has 0 saturated heterocycles. The maximum absolute atomic E-state index is 13.1. The van der Waals surface area contributed by atoms with Crippen LogP contribution in [0.25, 0.3) is 0 Å². The molecule has 0 heterocycles. The summed E-state index contributed by atoms with van der Waals surface area (Å²) in [5.41, 5.74) is 2.07. The third-order valence-corrected chi connectivity index (χ3v) is 7.95. The second-order valence-corrected chi connectivity index (χ2v) is 11.2. The first-order valence-corrected chi connectivity index (χ1v) is 12.3. The molecule has 0 atom stereocenters. The summed E-state index contributed by atoms with van der Waals surface area (Å²) >= 11 is 0. The average molecular weight is 441 g/mol. The zero-order valence-electron chi connectivity index (χ0n) is 17.9. The van der Waals surface area contributed by atoms with E-state index in [1.807, 2.05) is 17.0 Å². The van der Waals surface area contributed by atoms with Crippen LogP contribution in [0.5, 0.6) is 0 Å². The lowest BCUT2D eigenvalue weighted by Gasteiger charge is -2.23. The average Bonchev–Trinajstić information content (AvgIpc) is 3.67. The maximum Gasteiger partial charge on any atom is 0.254 e. The van der Waals surface area contributed by atoms with E-state index in [0.29, 0.717) is 23.7 Å². The van der Waals surface area contributed by atoms with Gasteiger partial charge < -0.3 is 10.2 Å². The molecule has 31 heavy (non-hydrogen) atoms. The van der Waals surface area contributed by atoms with Crippen LogP contribution in [0.2, 0.25) is 0 Å². The molecule has 4 rings (SSSR count). The molecule has 1 N–H and O–H groups in total. The van der Waals surface area contributed by atoms with Gasteiger partial charge in [-0.2, -0.15) is 0 Å². The van der Waals surface area contributed by atoms with Crippen molar-refractivity contribution < 1.29 is 18.0 Å². The Kier molecular flexibility index (Phi) is 5.88. The first-order valence-electron chi connectivity index (χ1n) is 10.8. The molecule has 0 aromatic heterocycles. The molecule has 2 aromatic carbocycles. The van der Waals surface area contributed by atoms with Crippen molar-refractivity contribution in [2.45, 2.75) is 68.3 Å². The number of nitrogens with one attached hydrogen (secondary N) is 1. The van der Waals surface area contributed by atoms with Gasteiger partial charge in [0.05, 0.1) is 10.1 Å². The molecule has 0 spiro atoms. The molecule has 2 aliphatic rings. The highest BCUT2D eigenvalue weighted by atomic mass is 32.2. The molecule has 7 heteroatoms. The lowest BCUT2D eigenvalue weighted by Crippen LogP contribution is -2.32. The van der Waals surface area contributed by atoms with Crippen molar-refractivity contribution in [1.82, 2.24) is 10.2 Å². The van der Waals surface area contributed by atoms with E-state index >= 15 is 0 Å². The van der Waals surface area contributed by atoms with E-state index < -0.39 is 15.1 Å². The van der Waals surface area contributed by atoms with Crippen molar-refractivity contribution in [3.8, 4) is 0 Å². The summed E-state index contributed by atoms with van der Waals surface area (Å²) in [6.45, 7) is 3.74. The number of rotatable bonds is 8. The lowest BCUT2D eigenvalue weighted by molar-refractivity contribution is 0.0729. The Hall–Kier alpha value is -2.67. The van der Waals surface area contributed by atoms with Gasteiger partial charge in [-0.05, 0) is 81.5 Å². The van der Waals surface area contributed by atoms with Crippen LogP contribution in [0.3, 0.4) is 0 Å². The Morgan fingerprint density at radius 1 is 0.935 bits per heavy atom. The normalized spacial score (nSPS) is 16.2. The van der Waals surface area contributed by atoms with E-state index in [0.717, 1.165) is 31.2 Å². The zero-order valence-corrected chi connectivity index (χ0v) is 18.7. The van der Waals surface area contributed by atoms with Crippen LogP contribution in [-0.2, 0) is 16.4 Å². The van der Waals surface area contributed by atoms with Crippen LogP contribution in [0, 0.1) is 0 Å². The van der Waals surface area contributed by atoms with Crippen LogP contribution in [-0.4, -0.2) is 42.5 Å². The molecule has 2 aromatic rings. The molecular weight excluding hydrogens is 412 g/mol. The fourth-order valence-corrected chi connectivity index (χ4v) is 4.49. The third-order valence-electron chi connectivity index (χ3n) is 5.78. The lowest BCUT2D eigenvalue weighted by atomic mass is 10.1. The van der Waals surface area contributed by atoms with E-state index in [-0.39, 0.29) is 22.8 Å². The Balaban J connectivity index is 1.46. The Morgan fingerprint density at radius 2 is 1.52 bits per heavy atom. The number of amides is 2. The van der Waals surface area contributed by atoms with Gasteiger partial charge in [-0.15, -0.1) is 0 Å². The molecule has 0 radical (unpaired) electrons. The van der Waals surface area contributed by atoms with E-state index in [1.165, 1.54) is 12.1 Å². The van der Waals surface area contributed by atoms with Gasteiger partial charge in [0.2, 0.25) is 0 Å². The molecule has 164 valence electrons. The van der Waals surface area contributed by atoms with Crippen LogP contribution in [0.1, 0.15) is 65.8 Å². The first-order chi connectivity index (χ1) is 14.8. The molecule has 0 aliphatic heterocycles. The second-order valence-electron chi connectivity index (χ2n) is 8.73. The van der Waals surface area contributed by atoms with E-state index in [2.05, 4.69) is 5.32 Å². The monoisotopic (exact) mass is 440 g/mol. The van der Waals surface area contributed by atoms with Crippen molar-refractivity contribution in [3.05, 3.63) is 65.2 Å². The van der Waals surface area contributed by atoms with Crippen molar-refractivity contribution in [2.75, 3.05) is 0 Å². The Bertz CT molecular complexity index is 1070. The summed E-state index contributed by atoms with van der Waals surface area (Å²) in [6, 6.07) is 14.1. The molecule has 2 saturated carbocycles. The van der Waals surface area contributed by atoms with Gasteiger partial charge in [-0.1, -0.05) is 12.1 Å². The van der Waals surface area contributed by atoms with Crippen molar-refractivity contribution in [1.29, 1.82) is 0 Å². The summed E-state index contributed by atoms with van der Waals surface area (Å²) in [5, 5.41) is 2.47. The zero-order chi connectivity index (χ0) is 22.2. The summed E-state index contributed by atoms with van der Waals surface area (Å²) < 4.78 is 24.6. The van der Waals surface area contributed by atoms with Crippen LogP contribution in [0.15, 0.2) is 53.4 Å². The van der Waals surface area contributed by atoms with Gasteiger partial charge in [0.1, 0.15) is 0 Å². The molecule has 0 bridgehead atoms. The predicted octanol–water partition coefficient (Wildman–Crippen LogP) is 3.57. The summed E-state index contributed by atoms with van der Waals surface area (Å²) in [4.78, 5) is 27.4. The van der Waals surface area contributed by atoms with Crippen LogP contribution in [0.4, 0.5) is 0 Å². The maximum atomic E-state index is 13.1. The fraction of sp³-hybridized carbons (Fsp3) is 0.417. The molecule has 6 nitrogen and oxygen atoms in total. The highest BCUT2D eigenvalue weighted by Gasteiger charge is 2.33. The number of carbonyl (C=O) groups is 2. The topological polar surface area (TPSA) is 83.6 Å². The van der Waals surface area contributed by atoms with Gasteiger partial charge in [-0.25, -0.2) is 8.42 Å². The number of benzene rings is 2. The number of nitrogens with zero attached hydrogens (tertiary/aromatic N) is 1. The first kappa shape index (κ1) is 21.6. The Morgan fingerprint density at radius 3 is 2.03 bits per heavy atom. The third kappa shape index (κ3) is 4.98. The van der Waals surface area contributed by atoms with E-state index in [4.69, 9.17) is 0 Å². The standard InChI is InChI=1S/C24H28N2O4S/c1-16(2)31(29,30)22-13-7-19(8-14-22)24(28)26(21-11-12-21)15-17-3-5-18(6-4-17)23(27)25-20-9-10-20/h3-8,13-14,16,20-21H,9-12,15H2,1-2H3,(H,25,27). The summed E-state index contributed by atoms with van der Waals surface area (Å²) in [7, 11) is -3.36. The van der Waals surface area contributed by atoms with Gasteiger partial charge >= 0.3 is 0 Å². The number of hydrogen-bond donors (Lipinski definition) is 1. The summed E-state index contributed by atoms with van der Waals surface area (Å²) in [5.74, 6) is -0.160. The van der Waals surface area contributed by atoms with Crippen molar-refractivity contribution >= 4 is 21.7 Å². The van der Waals surface area contributed by atoms with Gasteiger partial charge in [0.25, 0.3) is 11.8 Å². The number of sulfone groups is 1. The number of carbonyl (C=O) groups excluding carboxylic acids is 2. The summed E-state index contributed by atoms with van der Waals surface area (Å²) in [6.07, 6.45) is 4.03. The SMILES string of the molecule is CC(C)S(=O)(=O)c1ccc(C(=O)N(Cc2ccc(C(=O)NC3CC3)cc2)C2CC2)cc1. The van der Waals surface area contributed by atoms with Crippen LogP contribution < -0.4 is 5.32 Å². The van der Waals surface area contributed by atoms with Gasteiger partial charge in [0.15, 0.2) is 9.84 Å². The second kappa shape index (κ2) is 8.46. The molecular formula is C24H28N2O4S. The minimum Gasteiger partial charge on any atom is -0.349 e. The molecule has 2 aliphatic carbocycles. The van der Waals surface area contributed by atoms with Gasteiger partial charge in [0, 0.05) is 29.8 Å². The quantitative estimate of drug-likeness (QED) is 0.680. The molecule has 0 unspecified atom stereocenters. The molecule has 2 fully saturated rings. The predicted molar refractivity (Wildman–Crippen MR) is 119 cm³/mol. The molecule has 2 amide bonds. The Labute approximate surface area is 183 Å². The van der Waals surface area contributed by atoms with E-state index in [9.17, 15) is 18.0 Å². The van der Waals surface area contributed by atoms with Crippen LogP contribution >= 0.6 is 0 Å². The fourth-order valence-electron chi connectivity index (χ4n) is 3.43.